The molecule has 6 aromatic rings. The number of imidazole rings is 1. The lowest BCUT2D eigenvalue weighted by molar-refractivity contribution is 1.06. The summed E-state index contributed by atoms with van der Waals surface area (Å²) in [7, 11) is 0. The van der Waals surface area contributed by atoms with E-state index in [1.54, 1.807) is 4.40 Å². The number of thiazole rings is 1. The minimum Gasteiger partial charge on any atom is -0.317 e. The molecule has 0 saturated heterocycles. The van der Waals surface area contributed by atoms with Gasteiger partial charge in [0.25, 0.3) is 5.56 Å². The Morgan fingerprint density at radius 3 is 2.62 bits per heavy atom. The Bertz CT molecular complexity index is 1640. The van der Waals surface area contributed by atoms with E-state index in [0.29, 0.717) is 4.53 Å². The maximum absolute atomic E-state index is 13.0. The average molecular weight is 393 g/mol. The highest BCUT2D eigenvalue weighted by Gasteiger charge is 2.11. The van der Waals surface area contributed by atoms with Crippen LogP contribution in [0.1, 0.15) is 5.69 Å². The number of benzene rings is 3. The molecule has 29 heavy (non-hydrogen) atoms. The number of rotatable bonds is 2. The summed E-state index contributed by atoms with van der Waals surface area (Å²) in [5.41, 5.74) is 3.71. The van der Waals surface area contributed by atoms with Crippen molar-refractivity contribution in [3.05, 3.63) is 106 Å². The molecule has 3 heterocycles. The van der Waals surface area contributed by atoms with Crippen LogP contribution in [-0.2, 0) is 0 Å². The van der Waals surface area contributed by atoms with Crippen molar-refractivity contribution in [2.24, 2.45) is 0 Å². The molecule has 0 spiro atoms. The maximum atomic E-state index is 13.0. The van der Waals surface area contributed by atoms with E-state index in [1.807, 2.05) is 60.8 Å². The van der Waals surface area contributed by atoms with Crippen LogP contribution in [0.4, 0.5) is 0 Å². The molecular weight excluding hydrogens is 378 g/mol. The van der Waals surface area contributed by atoms with Gasteiger partial charge in [0.2, 0.25) is 0 Å². The van der Waals surface area contributed by atoms with Gasteiger partial charge < -0.3 is 4.57 Å². The normalized spacial score (nSPS) is 12.5. The van der Waals surface area contributed by atoms with Crippen molar-refractivity contribution in [2.75, 3.05) is 0 Å². The summed E-state index contributed by atoms with van der Waals surface area (Å²) in [5.74, 6) is 0. The van der Waals surface area contributed by atoms with Gasteiger partial charge in [0.15, 0.2) is 4.96 Å². The van der Waals surface area contributed by atoms with Crippen LogP contribution in [0.25, 0.3) is 38.5 Å². The van der Waals surface area contributed by atoms with Crippen LogP contribution in [-0.4, -0.2) is 14.0 Å². The molecule has 138 valence electrons. The molecule has 4 nitrogen and oxygen atoms in total. The van der Waals surface area contributed by atoms with Crippen LogP contribution in [0.5, 0.6) is 0 Å². The fourth-order valence-corrected chi connectivity index (χ4v) is 4.79. The Kier molecular flexibility index (Phi) is 3.45. The molecule has 0 N–H and O–H groups in total. The molecule has 0 amide bonds. The molecule has 0 aliphatic rings. The first-order valence-corrected chi connectivity index (χ1v) is 10.2. The highest BCUT2D eigenvalue weighted by atomic mass is 32.1. The second-order valence-electron chi connectivity index (χ2n) is 6.97. The molecule has 0 unspecified atom stereocenters. The van der Waals surface area contributed by atoms with E-state index in [0.717, 1.165) is 27.4 Å². The monoisotopic (exact) mass is 393 g/mol. The first-order chi connectivity index (χ1) is 14.3. The van der Waals surface area contributed by atoms with Gasteiger partial charge in [0, 0.05) is 17.6 Å². The minimum absolute atomic E-state index is 0.0232. The predicted molar refractivity (Wildman–Crippen MR) is 119 cm³/mol. The number of hydrogen-bond donors (Lipinski definition) is 0. The third-order valence-corrected chi connectivity index (χ3v) is 6.18. The van der Waals surface area contributed by atoms with E-state index in [-0.39, 0.29) is 5.56 Å². The van der Waals surface area contributed by atoms with Gasteiger partial charge in [0.1, 0.15) is 0 Å². The smallest absolute Gasteiger partial charge is 0.275 e. The summed E-state index contributed by atoms with van der Waals surface area (Å²) >= 11 is 1.42. The lowest BCUT2D eigenvalue weighted by Gasteiger charge is -2.08. The van der Waals surface area contributed by atoms with Crippen molar-refractivity contribution in [1.29, 1.82) is 0 Å². The highest BCUT2D eigenvalue weighted by Crippen LogP contribution is 2.21. The molecule has 0 atom stereocenters. The first-order valence-electron chi connectivity index (χ1n) is 9.36. The molecule has 3 aromatic heterocycles. The summed E-state index contributed by atoms with van der Waals surface area (Å²) in [6.45, 7) is 0. The van der Waals surface area contributed by atoms with Gasteiger partial charge in [-0.3, -0.25) is 4.79 Å². The third-order valence-electron chi connectivity index (χ3n) is 5.22. The van der Waals surface area contributed by atoms with Gasteiger partial charge in [-0.2, -0.15) is 0 Å². The Labute approximate surface area is 169 Å². The predicted octanol–water partition coefficient (Wildman–Crippen LogP) is 4.40. The topological polar surface area (TPSA) is 39.3 Å². The molecule has 0 aliphatic heterocycles. The summed E-state index contributed by atoms with van der Waals surface area (Å²) in [6.07, 6.45) is 3.97. The quantitative estimate of drug-likeness (QED) is 0.437. The van der Waals surface area contributed by atoms with E-state index in [1.165, 1.54) is 22.1 Å². The van der Waals surface area contributed by atoms with E-state index in [9.17, 15) is 4.79 Å². The van der Waals surface area contributed by atoms with Gasteiger partial charge in [-0.15, -0.1) is 0 Å². The molecule has 0 bridgehead atoms. The molecule has 0 saturated carbocycles. The Morgan fingerprint density at radius 1 is 0.862 bits per heavy atom. The summed E-state index contributed by atoms with van der Waals surface area (Å²) < 4.78 is 4.49. The van der Waals surface area contributed by atoms with Gasteiger partial charge in [0.05, 0.1) is 15.6 Å². The fraction of sp³-hybridized carbons (Fsp3) is 0. The fourth-order valence-electron chi connectivity index (χ4n) is 3.82. The molecule has 5 heteroatoms. The number of aromatic nitrogens is 3. The van der Waals surface area contributed by atoms with Crippen molar-refractivity contribution in [3.63, 3.8) is 0 Å². The SMILES string of the molecule is O=c1/c(=C/c2cccn2-c2ccc3ccccc3c2)sc2nc3ccccc3n12. The van der Waals surface area contributed by atoms with E-state index < -0.39 is 0 Å². The molecule has 3 aromatic carbocycles. The lowest BCUT2D eigenvalue weighted by Crippen LogP contribution is -2.23. The van der Waals surface area contributed by atoms with Crippen molar-refractivity contribution in [3.8, 4) is 5.69 Å². The average Bonchev–Trinajstić information content (AvgIpc) is 3.43. The molecular formula is C24H15N3OS. The lowest BCUT2D eigenvalue weighted by atomic mass is 10.1. The summed E-state index contributed by atoms with van der Waals surface area (Å²) in [4.78, 5) is 18.4. The Morgan fingerprint density at radius 2 is 1.69 bits per heavy atom. The van der Waals surface area contributed by atoms with E-state index in [4.69, 9.17) is 0 Å². The van der Waals surface area contributed by atoms with Gasteiger partial charge in [-0.25, -0.2) is 9.38 Å². The minimum atomic E-state index is -0.0232. The Balaban J connectivity index is 1.53. The number of para-hydroxylation sites is 2. The largest absolute Gasteiger partial charge is 0.317 e. The van der Waals surface area contributed by atoms with Crippen LogP contribution < -0.4 is 10.1 Å². The number of fused-ring (bicyclic) bond motifs is 4. The third kappa shape index (κ3) is 2.52. The van der Waals surface area contributed by atoms with Crippen LogP contribution in [0, 0.1) is 0 Å². The number of hydrogen-bond acceptors (Lipinski definition) is 3. The van der Waals surface area contributed by atoms with Crippen molar-refractivity contribution >= 4 is 44.2 Å². The summed E-state index contributed by atoms with van der Waals surface area (Å²) in [6, 6.07) is 26.5. The van der Waals surface area contributed by atoms with Crippen molar-refractivity contribution in [2.45, 2.75) is 0 Å². The van der Waals surface area contributed by atoms with Gasteiger partial charge in [-0.1, -0.05) is 53.8 Å². The zero-order valence-corrected chi connectivity index (χ0v) is 16.1. The van der Waals surface area contributed by atoms with E-state index in [2.05, 4.69) is 39.9 Å². The van der Waals surface area contributed by atoms with Crippen molar-refractivity contribution in [1.82, 2.24) is 14.0 Å². The standard InChI is InChI=1S/C24H15N3OS/c28-23-22(29-24-25-20-9-3-4-10-21(20)27(23)24)15-18-8-5-13-26(18)19-12-11-16-6-1-2-7-17(16)14-19/h1-15H/b22-15-. The zero-order chi connectivity index (χ0) is 19.4. The number of nitrogens with zero attached hydrogens (tertiary/aromatic N) is 3. The Hall–Kier alpha value is -3.70. The second-order valence-corrected chi connectivity index (χ2v) is 7.98. The maximum Gasteiger partial charge on any atom is 0.275 e. The van der Waals surface area contributed by atoms with Crippen LogP contribution in [0.2, 0.25) is 0 Å². The van der Waals surface area contributed by atoms with Crippen molar-refractivity contribution < 1.29 is 0 Å². The zero-order valence-electron chi connectivity index (χ0n) is 15.3. The van der Waals surface area contributed by atoms with Crippen LogP contribution in [0.15, 0.2) is 89.9 Å². The van der Waals surface area contributed by atoms with E-state index >= 15 is 0 Å². The first kappa shape index (κ1) is 16.3. The molecule has 0 aliphatic carbocycles. The van der Waals surface area contributed by atoms with Gasteiger partial charge >= 0.3 is 0 Å². The van der Waals surface area contributed by atoms with Crippen LogP contribution >= 0.6 is 11.3 Å². The highest BCUT2D eigenvalue weighted by molar-refractivity contribution is 7.15. The molecule has 6 rings (SSSR count). The van der Waals surface area contributed by atoms with Crippen LogP contribution in [0.3, 0.4) is 0 Å². The van der Waals surface area contributed by atoms with Gasteiger partial charge in [-0.05, 0) is 53.2 Å². The summed E-state index contributed by atoms with van der Waals surface area (Å²) in [5, 5.41) is 2.40. The molecule has 0 radical (unpaired) electrons. The second kappa shape index (κ2) is 6.15. The molecule has 0 fully saturated rings.